The quantitative estimate of drug-likeness (QED) is 0.768. The highest BCUT2D eigenvalue weighted by atomic mass is 16.5. The summed E-state index contributed by atoms with van der Waals surface area (Å²) in [6, 6.07) is 0. The van der Waals surface area contributed by atoms with Gasteiger partial charge in [-0.3, -0.25) is 14.4 Å². The van der Waals surface area contributed by atoms with Gasteiger partial charge in [0.15, 0.2) is 5.82 Å². The van der Waals surface area contributed by atoms with Crippen molar-refractivity contribution in [2.75, 3.05) is 38.2 Å². The summed E-state index contributed by atoms with van der Waals surface area (Å²) >= 11 is 0. The summed E-state index contributed by atoms with van der Waals surface area (Å²) in [7, 11) is 5.56. The number of aromatic nitrogens is 4. The van der Waals surface area contributed by atoms with Crippen LogP contribution in [0.5, 0.6) is 0 Å². The Morgan fingerprint density at radius 2 is 2.20 bits per heavy atom. The minimum atomic E-state index is -0.0938. The third kappa shape index (κ3) is 4.08. The molecule has 0 N–H and O–H groups in total. The molecule has 1 saturated heterocycles. The van der Waals surface area contributed by atoms with Crippen molar-refractivity contribution in [2.24, 2.45) is 14.1 Å². The van der Waals surface area contributed by atoms with E-state index in [4.69, 9.17) is 4.74 Å². The normalized spacial score (nSPS) is 18.5. The zero-order valence-corrected chi connectivity index (χ0v) is 15.3. The van der Waals surface area contributed by atoms with Crippen molar-refractivity contribution in [3.05, 3.63) is 40.2 Å². The van der Waals surface area contributed by atoms with Crippen molar-refractivity contribution in [3.63, 3.8) is 0 Å². The zero-order chi connectivity index (χ0) is 18.0. The first kappa shape index (κ1) is 17.6. The van der Waals surface area contributed by atoms with Crippen molar-refractivity contribution < 1.29 is 4.74 Å². The molecule has 1 aliphatic heterocycles. The van der Waals surface area contributed by atoms with Gasteiger partial charge in [-0.25, -0.2) is 4.98 Å². The smallest absolute Gasteiger partial charge is 0.293 e. The van der Waals surface area contributed by atoms with Gasteiger partial charge >= 0.3 is 0 Å². The van der Waals surface area contributed by atoms with E-state index in [0.29, 0.717) is 19.0 Å². The van der Waals surface area contributed by atoms with Crippen LogP contribution < -0.4 is 10.5 Å². The first-order valence-corrected chi connectivity index (χ1v) is 8.50. The average Bonchev–Trinajstić information content (AvgIpc) is 2.87. The monoisotopic (exact) mass is 346 g/mol. The van der Waals surface area contributed by atoms with E-state index in [-0.39, 0.29) is 11.7 Å². The van der Waals surface area contributed by atoms with Crippen molar-refractivity contribution >= 4 is 5.82 Å². The second-order valence-corrected chi connectivity index (χ2v) is 6.69. The van der Waals surface area contributed by atoms with Gasteiger partial charge in [0, 0.05) is 71.5 Å². The van der Waals surface area contributed by atoms with Crippen LogP contribution in [-0.2, 0) is 25.4 Å². The van der Waals surface area contributed by atoms with Crippen LogP contribution in [0.15, 0.2) is 23.4 Å². The maximum Gasteiger partial charge on any atom is 0.293 e. The molecule has 2 aromatic rings. The van der Waals surface area contributed by atoms with Gasteiger partial charge in [0.25, 0.3) is 5.56 Å². The number of aryl methyl sites for hydroxylation is 3. The minimum Gasteiger partial charge on any atom is -0.374 e. The molecule has 0 spiro atoms. The summed E-state index contributed by atoms with van der Waals surface area (Å²) in [5.41, 5.74) is 2.22. The fourth-order valence-corrected chi connectivity index (χ4v) is 3.22. The standard InChI is InChI=1S/C17H26N6O2/c1-13-14(9-22(4)19-13)10-23-7-8-25-15(12-23)11-21(3)16-17(24)20(2)6-5-18-16/h5-6,9,15H,7-8,10-12H2,1-4H3/t15-/m0/s1. The van der Waals surface area contributed by atoms with Gasteiger partial charge in [-0.15, -0.1) is 0 Å². The van der Waals surface area contributed by atoms with Crippen LogP contribution in [0.3, 0.4) is 0 Å². The Kier molecular flexibility index (Phi) is 5.19. The van der Waals surface area contributed by atoms with E-state index in [2.05, 4.69) is 21.2 Å². The van der Waals surface area contributed by atoms with Gasteiger partial charge in [0.2, 0.25) is 0 Å². The van der Waals surface area contributed by atoms with Crippen LogP contribution in [0.25, 0.3) is 0 Å². The van der Waals surface area contributed by atoms with Crippen molar-refractivity contribution in [1.82, 2.24) is 24.2 Å². The lowest BCUT2D eigenvalue weighted by Gasteiger charge is -2.34. The Morgan fingerprint density at radius 3 is 2.92 bits per heavy atom. The van der Waals surface area contributed by atoms with E-state index < -0.39 is 0 Å². The van der Waals surface area contributed by atoms with Crippen LogP contribution in [0, 0.1) is 6.92 Å². The van der Waals surface area contributed by atoms with Crippen LogP contribution in [0.4, 0.5) is 5.82 Å². The summed E-state index contributed by atoms with van der Waals surface area (Å²) in [5.74, 6) is 0.453. The van der Waals surface area contributed by atoms with Gasteiger partial charge in [-0.1, -0.05) is 0 Å². The Balaban J connectivity index is 1.62. The lowest BCUT2D eigenvalue weighted by atomic mass is 10.2. The fourth-order valence-electron chi connectivity index (χ4n) is 3.22. The summed E-state index contributed by atoms with van der Waals surface area (Å²) in [5, 5.41) is 4.41. The molecule has 8 heteroatoms. The molecule has 0 saturated carbocycles. The summed E-state index contributed by atoms with van der Waals surface area (Å²) in [4.78, 5) is 20.7. The van der Waals surface area contributed by atoms with E-state index >= 15 is 0 Å². The molecular formula is C17H26N6O2. The molecule has 8 nitrogen and oxygen atoms in total. The topological polar surface area (TPSA) is 68.4 Å². The molecule has 25 heavy (non-hydrogen) atoms. The zero-order valence-electron chi connectivity index (χ0n) is 15.3. The van der Waals surface area contributed by atoms with Crippen LogP contribution in [-0.4, -0.2) is 63.6 Å². The number of rotatable bonds is 5. The number of hydrogen-bond donors (Lipinski definition) is 0. The van der Waals surface area contributed by atoms with Crippen LogP contribution in [0.2, 0.25) is 0 Å². The first-order chi connectivity index (χ1) is 11.9. The largest absolute Gasteiger partial charge is 0.374 e. The van der Waals surface area contributed by atoms with Gasteiger partial charge in [0.1, 0.15) is 0 Å². The van der Waals surface area contributed by atoms with Gasteiger partial charge in [-0.2, -0.15) is 5.10 Å². The lowest BCUT2D eigenvalue weighted by Crippen LogP contribution is -2.47. The molecule has 1 fully saturated rings. The Labute approximate surface area is 147 Å². The highest BCUT2D eigenvalue weighted by Crippen LogP contribution is 2.14. The van der Waals surface area contributed by atoms with Crippen molar-refractivity contribution in [1.29, 1.82) is 0 Å². The highest BCUT2D eigenvalue weighted by Gasteiger charge is 2.24. The molecule has 2 aromatic heterocycles. The van der Waals surface area contributed by atoms with E-state index in [1.54, 1.807) is 19.4 Å². The molecule has 0 radical (unpaired) electrons. The average molecular weight is 346 g/mol. The molecule has 136 valence electrons. The van der Waals surface area contributed by atoms with Crippen molar-refractivity contribution in [2.45, 2.75) is 19.6 Å². The molecule has 0 amide bonds. The number of morpholine rings is 1. The number of hydrogen-bond acceptors (Lipinski definition) is 6. The molecule has 3 rings (SSSR count). The second kappa shape index (κ2) is 7.37. The predicted molar refractivity (Wildman–Crippen MR) is 95.7 cm³/mol. The molecule has 0 bridgehead atoms. The molecule has 0 aromatic carbocycles. The number of nitrogens with zero attached hydrogens (tertiary/aromatic N) is 6. The molecule has 1 atom stereocenters. The third-order valence-electron chi connectivity index (χ3n) is 4.57. The lowest BCUT2D eigenvalue weighted by molar-refractivity contribution is -0.0265. The Hall–Kier alpha value is -2.19. The predicted octanol–water partition coefficient (Wildman–Crippen LogP) is 0.159. The van der Waals surface area contributed by atoms with E-state index in [1.807, 2.05) is 30.6 Å². The van der Waals surface area contributed by atoms with E-state index in [0.717, 1.165) is 25.3 Å². The highest BCUT2D eigenvalue weighted by molar-refractivity contribution is 5.34. The van der Waals surface area contributed by atoms with Crippen LogP contribution >= 0.6 is 0 Å². The van der Waals surface area contributed by atoms with Gasteiger partial charge in [-0.05, 0) is 6.92 Å². The van der Waals surface area contributed by atoms with E-state index in [1.165, 1.54) is 10.1 Å². The maximum atomic E-state index is 12.2. The fraction of sp³-hybridized carbons (Fsp3) is 0.588. The number of ether oxygens (including phenoxy) is 1. The third-order valence-corrected chi connectivity index (χ3v) is 4.57. The van der Waals surface area contributed by atoms with Crippen molar-refractivity contribution in [3.8, 4) is 0 Å². The summed E-state index contributed by atoms with van der Waals surface area (Å²) in [6.45, 7) is 5.96. The summed E-state index contributed by atoms with van der Waals surface area (Å²) < 4.78 is 9.30. The second-order valence-electron chi connectivity index (χ2n) is 6.69. The Morgan fingerprint density at radius 1 is 1.40 bits per heavy atom. The van der Waals surface area contributed by atoms with Gasteiger partial charge < -0.3 is 14.2 Å². The number of anilines is 1. The molecule has 0 aliphatic carbocycles. The Bertz CT molecular complexity index is 784. The SMILES string of the molecule is Cc1nn(C)cc1CN1CCO[C@@H](CN(C)c2nccn(C)c2=O)C1. The number of likely N-dealkylation sites (N-methyl/N-ethyl adjacent to an activating group) is 1. The molecule has 0 unspecified atom stereocenters. The van der Waals surface area contributed by atoms with E-state index in [9.17, 15) is 4.79 Å². The molecular weight excluding hydrogens is 320 g/mol. The first-order valence-electron chi connectivity index (χ1n) is 8.50. The van der Waals surface area contributed by atoms with Crippen LogP contribution in [0.1, 0.15) is 11.3 Å². The molecule has 3 heterocycles. The van der Waals surface area contributed by atoms with Gasteiger partial charge in [0.05, 0.1) is 18.4 Å². The summed E-state index contributed by atoms with van der Waals surface area (Å²) in [6.07, 6.45) is 5.42. The molecule has 1 aliphatic rings. The maximum absolute atomic E-state index is 12.2. The minimum absolute atomic E-state index is 0.0439.